The molecule has 0 fully saturated rings. The van der Waals surface area contributed by atoms with Gasteiger partial charge in [0, 0.05) is 62.6 Å². The molecule has 0 N–H and O–H groups in total. The summed E-state index contributed by atoms with van der Waals surface area (Å²) >= 11 is 0. The second-order valence-corrected chi connectivity index (χ2v) is 17.5. The summed E-state index contributed by atoms with van der Waals surface area (Å²) in [4.78, 5) is 79.3. The van der Waals surface area contributed by atoms with Gasteiger partial charge in [-0.25, -0.2) is 0 Å². The highest BCUT2D eigenvalue weighted by atomic mass is 16.2. The van der Waals surface area contributed by atoms with Crippen molar-refractivity contribution >= 4 is 50.9 Å². The minimum absolute atomic E-state index is 0.246. The monoisotopic (exact) mass is 796 g/mol. The minimum atomic E-state index is -0.468. The number of nitrogens with zero attached hydrogens (tertiary/aromatic N) is 4. The number of hydrogen-bond acceptors (Lipinski definition) is 6. The molecule has 2 aromatic carbocycles. The van der Waals surface area contributed by atoms with Gasteiger partial charge in [0.2, 0.25) is 0 Å². The molecule has 3 aromatic rings. The lowest BCUT2D eigenvalue weighted by molar-refractivity contribution is -0.140. The van der Waals surface area contributed by atoms with E-state index in [1.165, 1.54) is 54.7 Å². The summed E-state index contributed by atoms with van der Waals surface area (Å²) < 4.78 is 1.62. The number of unbranched alkanes of at least 4 members (excludes halogenated alkanes) is 13. The molecule has 3 atom stereocenters. The molecule has 0 radical (unpaired) electrons. The van der Waals surface area contributed by atoms with Crippen molar-refractivity contribution in [2.75, 3.05) is 13.1 Å². The molecule has 3 unspecified atom stereocenters. The molecule has 4 amide bonds. The molecule has 0 bridgehead atoms. The summed E-state index contributed by atoms with van der Waals surface area (Å²) in [5, 5.41) is 2.21. The van der Waals surface area contributed by atoms with Crippen molar-refractivity contribution in [1.82, 2.24) is 14.4 Å². The van der Waals surface area contributed by atoms with Gasteiger partial charge in [0.25, 0.3) is 29.2 Å². The fraction of sp³-hybridized carbons (Fsp3) is 0.520. The summed E-state index contributed by atoms with van der Waals surface area (Å²) in [5.74, 6) is -1.39. The molecule has 3 aliphatic heterocycles. The maximum absolute atomic E-state index is 14.7. The fourth-order valence-electron chi connectivity index (χ4n) is 10.3. The van der Waals surface area contributed by atoms with Gasteiger partial charge in [0.1, 0.15) is 5.49 Å². The highest BCUT2D eigenvalue weighted by molar-refractivity contribution is 6.30. The lowest BCUT2D eigenvalue weighted by Gasteiger charge is -2.41. The number of allylic oxidation sites excluding steroid dienone is 2. The minimum Gasteiger partial charge on any atom is -0.274 e. The van der Waals surface area contributed by atoms with Crippen LogP contribution in [0.15, 0.2) is 75.1 Å². The van der Waals surface area contributed by atoms with E-state index in [4.69, 9.17) is 4.99 Å². The molecule has 5 aliphatic rings. The normalized spacial score (nSPS) is 19.7. The van der Waals surface area contributed by atoms with Crippen LogP contribution in [0.1, 0.15) is 157 Å². The van der Waals surface area contributed by atoms with Gasteiger partial charge >= 0.3 is 0 Å². The Morgan fingerprint density at radius 2 is 1.20 bits per heavy atom. The van der Waals surface area contributed by atoms with E-state index in [2.05, 4.69) is 20.8 Å². The Bertz CT molecular complexity index is 2410. The van der Waals surface area contributed by atoms with Gasteiger partial charge in [-0.05, 0) is 67.2 Å². The van der Waals surface area contributed by atoms with E-state index >= 15 is 0 Å². The predicted molar refractivity (Wildman–Crippen MR) is 234 cm³/mol. The van der Waals surface area contributed by atoms with Gasteiger partial charge in [0.05, 0.1) is 12.0 Å². The van der Waals surface area contributed by atoms with Crippen LogP contribution in [0.3, 0.4) is 0 Å². The Hall–Kier alpha value is -4.92. The molecule has 2 aliphatic carbocycles. The predicted octanol–water partition coefficient (Wildman–Crippen LogP) is 9.80. The number of imide groups is 2. The standard InChI is InChI=1S/C50H60N4O5/c1-4-7-10-13-15-18-21-32(20-17-12-9-6-3)31-53-48(57)34-23-22-33-41-38(25-24-35(42(34)41)49(53)58)50(59)54-40-29-27-37-43-36(26-28-39(44(40)43)51-45(33)54)46(55)52(47(37)56)30-19-16-14-11-8-5-2/h22-29,32,39,44H,4-21,30-31H2,1-3H3. The first-order valence-electron chi connectivity index (χ1n) is 22.9. The number of pyridine rings is 1. The molecule has 0 saturated heterocycles. The van der Waals surface area contributed by atoms with Crippen LogP contribution in [0.4, 0.5) is 0 Å². The number of fused-ring (bicyclic) bond motifs is 3. The topological polar surface area (TPSA) is 109 Å². The first-order valence-corrected chi connectivity index (χ1v) is 22.9. The first kappa shape index (κ1) is 40.8. The van der Waals surface area contributed by atoms with E-state index < -0.39 is 12.0 Å². The van der Waals surface area contributed by atoms with Crippen LogP contribution in [0.5, 0.6) is 0 Å². The van der Waals surface area contributed by atoms with Crippen LogP contribution >= 0.6 is 0 Å². The second kappa shape index (κ2) is 17.7. The molecule has 8 rings (SSSR count). The fourth-order valence-corrected chi connectivity index (χ4v) is 10.3. The highest BCUT2D eigenvalue weighted by Gasteiger charge is 2.47. The molecular formula is C50H60N4O5. The van der Waals surface area contributed by atoms with Crippen LogP contribution in [0.25, 0.3) is 27.2 Å². The Balaban J connectivity index is 1.11. The summed E-state index contributed by atoms with van der Waals surface area (Å²) in [6.45, 7) is 7.41. The number of hydrogen-bond donors (Lipinski definition) is 0. The summed E-state index contributed by atoms with van der Waals surface area (Å²) in [6, 6.07) is 6.69. The van der Waals surface area contributed by atoms with Crippen LogP contribution in [-0.4, -0.2) is 57.1 Å². The average molecular weight is 797 g/mol. The van der Waals surface area contributed by atoms with Gasteiger partial charge in [-0.3, -0.25) is 43.3 Å². The lowest BCUT2D eigenvalue weighted by Crippen LogP contribution is -2.50. The lowest BCUT2D eigenvalue weighted by atomic mass is 9.72. The van der Waals surface area contributed by atoms with Gasteiger partial charge in [-0.2, -0.15) is 0 Å². The maximum atomic E-state index is 14.7. The molecular weight excluding hydrogens is 737 g/mol. The van der Waals surface area contributed by atoms with Gasteiger partial charge in [0.15, 0.2) is 0 Å². The molecule has 9 heteroatoms. The van der Waals surface area contributed by atoms with Crippen molar-refractivity contribution in [2.24, 2.45) is 16.8 Å². The molecule has 310 valence electrons. The SMILES string of the molecule is CCCCCCCCC(CCCCCC)CN1C(=O)c2ccc3c(=O)n4c(c5ccc(c2c35)C1=O)=NC1C=CC2=C3C(=CC=C4C31)C(=O)N(CCCCCCCC)C2=O. The third-order valence-electron chi connectivity index (χ3n) is 13.5. The molecule has 0 saturated carbocycles. The van der Waals surface area contributed by atoms with Crippen molar-refractivity contribution in [2.45, 2.75) is 142 Å². The largest absolute Gasteiger partial charge is 0.274 e. The first-order chi connectivity index (χ1) is 28.8. The van der Waals surface area contributed by atoms with E-state index in [9.17, 15) is 24.0 Å². The Kier molecular flexibility index (Phi) is 12.3. The van der Waals surface area contributed by atoms with Crippen molar-refractivity contribution in [1.29, 1.82) is 0 Å². The maximum Gasteiger partial charge on any atom is 0.264 e. The van der Waals surface area contributed by atoms with Crippen molar-refractivity contribution < 1.29 is 19.2 Å². The van der Waals surface area contributed by atoms with Crippen LogP contribution < -0.4 is 11.0 Å². The molecule has 1 aromatic heterocycles. The van der Waals surface area contributed by atoms with Crippen LogP contribution in [0.2, 0.25) is 0 Å². The van der Waals surface area contributed by atoms with E-state index in [-0.39, 0.29) is 35.1 Å². The van der Waals surface area contributed by atoms with Crippen LogP contribution in [0, 0.1) is 11.8 Å². The molecule has 9 nitrogen and oxygen atoms in total. The summed E-state index contributed by atoms with van der Waals surface area (Å²) in [6.07, 6.45) is 27.5. The number of carbonyl (C=O) groups is 4. The smallest absolute Gasteiger partial charge is 0.264 e. The quantitative estimate of drug-likeness (QED) is 0.0788. The van der Waals surface area contributed by atoms with E-state index in [0.29, 0.717) is 73.7 Å². The Morgan fingerprint density at radius 1 is 0.610 bits per heavy atom. The molecule has 4 heterocycles. The Morgan fingerprint density at radius 3 is 1.86 bits per heavy atom. The zero-order valence-corrected chi connectivity index (χ0v) is 35.3. The third kappa shape index (κ3) is 7.37. The number of aromatic nitrogens is 1. The van der Waals surface area contributed by atoms with Crippen molar-refractivity contribution in [3.8, 4) is 0 Å². The van der Waals surface area contributed by atoms with Gasteiger partial charge in [-0.15, -0.1) is 0 Å². The van der Waals surface area contributed by atoms with E-state index in [1.54, 1.807) is 34.9 Å². The van der Waals surface area contributed by atoms with Crippen molar-refractivity contribution in [3.05, 3.63) is 92.3 Å². The van der Waals surface area contributed by atoms with Gasteiger partial charge in [-0.1, -0.05) is 129 Å². The van der Waals surface area contributed by atoms with E-state index in [0.717, 1.165) is 70.6 Å². The Labute approximate surface area is 348 Å². The number of rotatable bonds is 21. The summed E-state index contributed by atoms with van der Waals surface area (Å²) in [7, 11) is 0. The zero-order chi connectivity index (χ0) is 41.2. The van der Waals surface area contributed by atoms with Gasteiger partial charge < -0.3 is 0 Å². The summed E-state index contributed by atoms with van der Waals surface area (Å²) in [5.41, 5.74) is 3.35. The third-order valence-corrected chi connectivity index (χ3v) is 13.5. The average Bonchev–Trinajstić information content (AvgIpc) is 3.24. The number of benzene rings is 2. The zero-order valence-electron chi connectivity index (χ0n) is 35.3. The van der Waals surface area contributed by atoms with Crippen LogP contribution in [-0.2, 0) is 9.59 Å². The van der Waals surface area contributed by atoms with E-state index in [1.807, 2.05) is 18.2 Å². The number of amides is 4. The highest BCUT2D eigenvalue weighted by Crippen LogP contribution is 2.46. The van der Waals surface area contributed by atoms with Crippen molar-refractivity contribution in [3.63, 3.8) is 0 Å². The molecule has 59 heavy (non-hydrogen) atoms. The number of carbonyl (C=O) groups excluding carboxylic acids is 4. The second-order valence-electron chi connectivity index (χ2n) is 17.5. The molecule has 0 spiro atoms.